The summed E-state index contributed by atoms with van der Waals surface area (Å²) >= 11 is 0. The molecule has 1 atom stereocenters. The molecule has 6 nitrogen and oxygen atoms in total. The lowest BCUT2D eigenvalue weighted by Gasteiger charge is -2.25. The van der Waals surface area contributed by atoms with Crippen molar-refractivity contribution in [1.82, 2.24) is 9.80 Å². The van der Waals surface area contributed by atoms with E-state index in [2.05, 4.69) is 36.1 Å². The summed E-state index contributed by atoms with van der Waals surface area (Å²) in [6, 6.07) is 16.1. The topological polar surface area (TPSA) is 53.1 Å². The molecule has 4 rings (SSSR count). The standard InChI is InChI=1S/C25H31N3O3/c1-19-7-9-20(10-8-19)17-26-11-4-12-27(14-13-26)25(30)21-15-24(29)28(18-21)22-5-3-6-23(16-22)31-2/h3,5-10,16,21H,4,11-15,17-18H2,1-2H3. The summed E-state index contributed by atoms with van der Waals surface area (Å²) in [4.78, 5) is 31.9. The molecule has 0 N–H and O–H groups in total. The first-order valence-corrected chi connectivity index (χ1v) is 11.0. The van der Waals surface area contributed by atoms with Gasteiger partial charge < -0.3 is 14.5 Å². The molecule has 0 saturated carbocycles. The number of carbonyl (C=O) groups is 2. The summed E-state index contributed by atoms with van der Waals surface area (Å²) in [5, 5.41) is 0. The van der Waals surface area contributed by atoms with Crippen molar-refractivity contribution in [2.24, 2.45) is 5.92 Å². The van der Waals surface area contributed by atoms with Gasteiger partial charge in [-0.3, -0.25) is 14.5 Å². The molecule has 2 amide bonds. The molecule has 2 aromatic rings. The fourth-order valence-electron chi connectivity index (χ4n) is 4.46. The van der Waals surface area contributed by atoms with Gasteiger partial charge in [-0.25, -0.2) is 0 Å². The molecule has 2 saturated heterocycles. The highest BCUT2D eigenvalue weighted by Crippen LogP contribution is 2.29. The van der Waals surface area contributed by atoms with E-state index in [1.165, 1.54) is 11.1 Å². The van der Waals surface area contributed by atoms with E-state index in [9.17, 15) is 9.59 Å². The van der Waals surface area contributed by atoms with E-state index in [-0.39, 0.29) is 24.2 Å². The maximum Gasteiger partial charge on any atom is 0.228 e. The van der Waals surface area contributed by atoms with E-state index in [1.807, 2.05) is 29.2 Å². The Balaban J connectivity index is 1.35. The summed E-state index contributed by atoms with van der Waals surface area (Å²) in [6.07, 6.45) is 1.23. The number of methoxy groups -OCH3 is 1. The third-order valence-electron chi connectivity index (χ3n) is 6.27. The average molecular weight is 422 g/mol. The summed E-state index contributed by atoms with van der Waals surface area (Å²) in [7, 11) is 1.61. The third kappa shape index (κ3) is 5.07. The highest BCUT2D eigenvalue weighted by Gasteiger charge is 2.37. The van der Waals surface area contributed by atoms with E-state index >= 15 is 0 Å². The minimum absolute atomic E-state index is 0.00224. The smallest absolute Gasteiger partial charge is 0.228 e. The number of rotatable bonds is 5. The van der Waals surface area contributed by atoms with Crippen LogP contribution in [-0.4, -0.2) is 61.4 Å². The lowest BCUT2D eigenvalue weighted by Crippen LogP contribution is -2.39. The van der Waals surface area contributed by atoms with Crippen LogP contribution in [0.5, 0.6) is 5.75 Å². The van der Waals surface area contributed by atoms with Crippen LogP contribution in [0.3, 0.4) is 0 Å². The average Bonchev–Trinajstić information content (AvgIpc) is 3.03. The Morgan fingerprint density at radius 1 is 1.06 bits per heavy atom. The third-order valence-corrected chi connectivity index (χ3v) is 6.27. The minimum Gasteiger partial charge on any atom is -0.497 e. The van der Waals surface area contributed by atoms with Gasteiger partial charge in [-0.2, -0.15) is 0 Å². The van der Waals surface area contributed by atoms with Crippen molar-refractivity contribution in [1.29, 1.82) is 0 Å². The number of nitrogens with zero attached hydrogens (tertiary/aromatic N) is 3. The van der Waals surface area contributed by atoms with Crippen LogP contribution in [0.4, 0.5) is 5.69 Å². The number of amides is 2. The van der Waals surface area contributed by atoms with Crippen molar-refractivity contribution in [3.8, 4) is 5.75 Å². The van der Waals surface area contributed by atoms with Crippen LogP contribution < -0.4 is 9.64 Å². The first-order chi connectivity index (χ1) is 15.0. The Hall–Kier alpha value is -2.86. The number of anilines is 1. The second-order valence-corrected chi connectivity index (χ2v) is 8.55. The van der Waals surface area contributed by atoms with E-state index < -0.39 is 0 Å². The second-order valence-electron chi connectivity index (χ2n) is 8.55. The van der Waals surface area contributed by atoms with Gasteiger partial charge in [0.05, 0.1) is 13.0 Å². The summed E-state index contributed by atoms with van der Waals surface area (Å²) in [5.41, 5.74) is 3.37. The Morgan fingerprint density at radius 2 is 1.87 bits per heavy atom. The molecule has 0 aromatic heterocycles. The molecule has 2 heterocycles. The van der Waals surface area contributed by atoms with Crippen molar-refractivity contribution in [3.63, 3.8) is 0 Å². The van der Waals surface area contributed by atoms with Gasteiger partial charge in [0, 0.05) is 57.4 Å². The zero-order chi connectivity index (χ0) is 21.8. The molecule has 0 aliphatic carbocycles. The van der Waals surface area contributed by atoms with Crippen LogP contribution in [0.2, 0.25) is 0 Å². The maximum absolute atomic E-state index is 13.2. The lowest BCUT2D eigenvalue weighted by atomic mass is 10.1. The normalized spacial score (nSPS) is 20.1. The fraction of sp³-hybridized carbons (Fsp3) is 0.440. The molecule has 0 spiro atoms. The van der Waals surface area contributed by atoms with E-state index in [0.717, 1.165) is 38.3 Å². The molecule has 1 unspecified atom stereocenters. The minimum atomic E-state index is -0.276. The summed E-state index contributed by atoms with van der Waals surface area (Å²) in [5.74, 6) is 0.543. The molecule has 0 bridgehead atoms. The van der Waals surface area contributed by atoms with Crippen LogP contribution in [0.15, 0.2) is 48.5 Å². The molecule has 2 aliphatic rings. The lowest BCUT2D eigenvalue weighted by molar-refractivity contribution is -0.135. The first-order valence-electron chi connectivity index (χ1n) is 11.0. The largest absolute Gasteiger partial charge is 0.497 e. The van der Waals surface area contributed by atoms with Gasteiger partial charge in [-0.1, -0.05) is 35.9 Å². The Labute approximate surface area is 184 Å². The molecule has 6 heteroatoms. The van der Waals surface area contributed by atoms with E-state index in [0.29, 0.717) is 18.8 Å². The highest BCUT2D eigenvalue weighted by atomic mass is 16.5. The summed E-state index contributed by atoms with van der Waals surface area (Å²) < 4.78 is 5.27. The van der Waals surface area contributed by atoms with Gasteiger partial charge in [0.15, 0.2) is 0 Å². The number of aryl methyl sites for hydroxylation is 1. The molecule has 2 aromatic carbocycles. The van der Waals surface area contributed by atoms with Crippen molar-refractivity contribution < 1.29 is 14.3 Å². The number of hydrogen-bond acceptors (Lipinski definition) is 4. The first kappa shape index (κ1) is 21.4. The zero-order valence-electron chi connectivity index (χ0n) is 18.4. The van der Waals surface area contributed by atoms with Crippen molar-refractivity contribution in [3.05, 3.63) is 59.7 Å². The molecule has 2 fully saturated rings. The van der Waals surface area contributed by atoms with Crippen LogP contribution in [-0.2, 0) is 16.1 Å². The van der Waals surface area contributed by atoms with Gasteiger partial charge in [-0.05, 0) is 31.0 Å². The molecule has 164 valence electrons. The van der Waals surface area contributed by atoms with E-state index in [1.54, 1.807) is 12.0 Å². The molecule has 2 aliphatic heterocycles. The zero-order valence-corrected chi connectivity index (χ0v) is 18.4. The SMILES string of the molecule is COc1cccc(N2CC(C(=O)N3CCCN(Cc4ccc(C)cc4)CC3)CC2=O)c1. The number of benzene rings is 2. The number of carbonyl (C=O) groups excluding carboxylic acids is 2. The van der Waals surface area contributed by atoms with Gasteiger partial charge in [0.2, 0.25) is 11.8 Å². The van der Waals surface area contributed by atoms with Crippen LogP contribution >= 0.6 is 0 Å². The molecule has 31 heavy (non-hydrogen) atoms. The molecule has 0 radical (unpaired) electrons. The predicted molar refractivity (Wildman–Crippen MR) is 121 cm³/mol. The molecular formula is C25H31N3O3. The van der Waals surface area contributed by atoms with Gasteiger partial charge in [0.25, 0.3) is 0 Å². The molecular weight excluding hydrogens is 390 g/mol. The van der Waals surface area contributed by atoms with Gasteiger partial charge >= 0.3 is 0 Å². The van der Waals surface area contributed by atoms with Gasteiger partial charge in [0.1, 0.15) is 5.75 Å². The van der Waals surface area contributed by atoms with Crippen molar-refractivity contribution in [2.45, 2.75) is 26.3 Å². The van der Waals surface area contributed by atoms with Crippen LogP contribution in [0, 0.1) is 12.8 Å². The van der Waals surface area contributed by atoms with Crippen LogP contribution in [0.1, 0.15) is 24.0 Å². The summed E-state index contributed by atoms with van der Waals surface area (Å²) in [6.45, 7) is 6.77. The fourth-order valence-corrected chi connectivity index (χ4v) is 4.46. The Kier molecular flexibility index (Phi) is 6.56. The number of hydrogen-bond donors (Lipinski definition) is 0. The predicted octanol–water partition coefficient (Wildman–Crippen LogP) is 3.09. The van der Waals surface area contributed by atoms with E-state index in [4.69, 9.17) is 4.74 Å². The Morgan fingerprint density at radius 3 is 2.65 bits per heavy atom. The highest BCUT2D eigenvalue weighted by molar-refractivity contribution is 6.00. The van der Waals surface area contributed by atoms with Gasteiger partial charge in [-0.15, -0.1) is 0 Å². The number of ether oxygens (including phenoxy) is 1. The van der Waals surface area contributed by atoms with Crippen LogP contribution in [0.25, 0.3) is 0 Å². The van der Waals surface area contributed by atoms with Crippen molar-refractivity contribution in [2.75, 3.05) is 44.7 Å². The second kappa shape index (κ2) is 9.52. The Bertz CT molecular complexity index is 928. The van der Waals surface area contributed by atoms with Crippen molar-refractivity contribution >= 4 is 17.5 Å². The maximum atomic E-state index is 13.2. The monoisotopic (exact) mass is 421 g/mol. The quantitative estimate of drug-likeness (QED) is 0.745.